The largest absolute Gasteiger partial charge is 0.497 e. The number of anilines is 1. The molecule has 0 spiro atoms. The average Bonchev–Trinajstić information content (AvgIpc) is 3.21. The lowest BCUT2D eigenvalue weighted by molar-refractivity contribution is 0.415. The molecule has 32 heavy (non-hydrogen) atoms. The molecule has 0 aliphatic carbocycles. The van der Waals surface area contributed by atoms with Crippen LogP contribution in [0.15, 0.2) is 76.2 Å². The number of nitrogens with one attached hydrogen (secondary N) is 1. The van der Waals surface area contributed by atoms with Gasteiger partial charge in [-0.2, -0.15) is 0 Å². The molecule has 3 aromatic carbocycles. The Kier molecular flexibility index (Phi) is 5.57. The van der Waals surface area contributed by atoms with Crippen molar-refractivity contribution >= 4 is 48.0 Å². The number of hydrogen-bond donors (Lipinski definition) is 1. The van der Waals surface area contributed by atoms with Crippen LogP contribution < -0.4 is 19.5 Å². The molecule has 0 fully saturated rings. The van der Waals surface area contributed by atoms with Crippen molar-refractivity contribution in [2.24, 2.45) is 4.99 Å². The molecule has 162 valence electrons. The number of fused-ring (bicyclic) bond motifs is 3. The number of rotatable bonds is 4. The molecule has 1 aliphatic rings. The maximum absolute atomic E-state index is 5.93. The van der Waals surface area contributed by atoms with Crippen LogP contribution in [0, 0.1) is 0 Å². The molecule has 4 nitrogen and oxygen atoms in total. The van der Waals surface area contributed by atoms with E-state index < -0.39 is 0 Å². The summed E-state index contributed by atoms with van der Waals surface area (Å²) in [6, 6.07) is 21.8. The maximum Gasteiger partial charge on any atom is 0.135 e. The second kappa shape index (κ2) is 8.39. The minimum atomic E-state index is -0.158. The molecule has 2 heterocycles. The third kappa shape index (κ3) is 4.08. The topological polar surface area (TPSA) is 42.9 Å². The van der Waals surface area contributed by atoms with E-state index in [1.165, 1.54) is 10.4 Å². The standard InChI is InChI=1S/C25H21BrN2O2S2/c1-25(2)23-22(20-14-19(29-3)12-13-21(20)28-25)24(32-31-23)27-16-6-10-18(11-7-16)30-17-8-4-15(26)5-9-17/h4-14,28H,1-3H3. The fourth-order valence-electron chi connectivity index (χ4n) is 3.69. The summed E-state index contributed by atoms with van der Waals surface area (Å²) in [4.78, 5) is 6.28. The van der Waals surface area contributed by atoms with E-state index >= 15 is 0 Å². The highest BCUT2D eigenvalue weighted by molar-refractivity contribution is 9.10. The molecule has 7 heteroatoms. The number of methoxy groups -OCH3 is 1. The summed E-state index contributed by atoms with van der Waals surface area (Å²) in [6.45, 7) is 4.42. The molecule has 1 aliphatic heterocycles. The Balaban J connectivity index is 1.51. The van der Waals surface area contributed by atoms with Gasteiger partial charge < -0.3 is 14.8 Å². The van der Waals surface area contributed by atoms with Crippen molar-refractivity contribution < 1.29 is 9.47 Å². The molecule has 1 N–H and O–H groups in total. The lowest BCUT2D eigenvalue weighted by Crippen LogP contribution is -2.31. The van der Waals surface area contributed by atoms with Crippen molar-refractivity contribution in [3.8, 4) is 28.4 Å². The molecule has 0 unspecified atom stereocenters. The summed E-state index contributed by atoms with van der Waals surface area (Å²) in [5.74, 6) is 2.42. The zero-order valence-electron chi connectivity index (χ0n) is 17.8. The quantitative estimate of drug-likeness (QED) is 0.275. The zero-order valence-corrected chi connectivity index (χ0v) is 21.0. The van der Waals surface area contributed by atoms with Gasteiger partial charge in [-0.25, -0.2) is 4.99 Å². The molecule has 0 atom stereocenters. The number of ether oxygens (including phenoxy) is 2. The predicted octanol–water partition coefficient (Wildman–Crippen LogP) is 7.93. The van der Waals surface area contributed by atoms with Crippen LogP contribution in [0.25, 0.3) is 11.1 Å². The van der Waals surface area contributed by atoms with Gasteiger partial charge in [0, 0.05) is 21.3 Å². The summed E-state index contributed by atoms with van der Waals surface area (Å²) in [6.07, 6.45) is 0. The van der Waals surface area contributed by atoms with Crippen LogP contribution in [0.5, 0.6) is 17.2 Å². The van der Waals surface area contributed by atoms with Crippen LogP contribution in [0.3, 0.4) is 0 Å². The van der Waals surface area contributed by atoms with E-state index in [0.29, 0.717) is 0 Å². The lowest BCUT2D eigenvalue weighted by Gasteiger charge is -2.33. The van der Waals surface area contributed by atoms with E-state index in [2.05, 4.69) is 47.2 Å². The van der Waals surface area contributed by atoms with Gasteiger partial charge >= 0.3 is 0 Å². The van der Waals surface area contributed by atoms with Gasteiger partial charge in [-0.3, -0.25) is 0 Å². The fourth-order valence-corrected chi connectivity index (χ4v) is 6.90. The predicted molar refractivity (Wildman–Crippen MR) is 137 cm³/mol. The van der Waals surface area contributed by atoms with E-state index in [9.17, 15) is 0 Å². The first-order valence-corrected chi connectivity index (χ1v) is 13.1. The Morgan fingerprint density at radius 3 is 2.22 bits per heavy atom. The second-order valence-corrected chi connectivity index (χ2v) is 11.0. The van der Waals surface area contributed by atoms with Gasteiger partial charge in [0.15, 0.2) is 0 Å². The third-order valence-corrected chi connectivity index (χ3v) is 8.44. The summed E-state index contributed by atoms with van der Waals surface area (Å²) in [7, 11) is 5.18. The monoisotopic (exact) mass is 524 g/mol. The normalized spacial score (nSPS) is 14.3. The third-order valence-electron chi connectivity index (χ3n) is 5.27. The number of benzene rings is 3. The molecule has 0 amide bonds. The zero-order chi connectivity index (χ0) is 22.3. The van der Waals surface area contributed by atoms with Crippen molar-refractivity contribution in [1.82, 2.24) is 0 Å². The average molecular weight is 525 g/mol. The minimum absolute atomic E-state index is 0.158. The lowest BCUT2D eigenvalue weighted by atomic mass is 9.90. The summed E-state index contributed by atoms with van der Waals surface area (Å²) >= 11 is 3.44. The van der Waals surface area contributed by atoms with Gasteiger partial charge in [-0.15, -0.1) is 0 Å². The van der Waals surface area contributed by atoms with Crippen molar-refractivity contribution in [3.05, 3.63) is 80.8 Å². The molecule has 0 bridgehead atoms. The van der Waals surface area contributed by atoms with Gasteiger partial charge in [0.1, 0.15) is 21.9 Å². The minimum Gasteiger partial charge on any atom is -0.497 e. The molecular formula is C25H21BrN2O2S2. The molecule has 0 saturated heterocycles. The highest BCUT2D eigenvalue weighted by Gasteiger charge is 2.33. The van der Waals surface area contributed by atoms with E-state index in [4.69, 9.17) is 14.5 Å². The SMILES string of the molecule is COc1ccc2c(c1)-c1c(ssc1=Nc1ccc(Oc3ccc(Br)cc3)cc1)C(C)(C)N2. The van der Waals surface area contributed by atoms with Crippen molar-refractivity contribution in [3.63, 3.8) is 0 Å². The van der Waals surface area contributed by atoms with Crippen LogP contribution in [0.4, 0.5) is 11.4 Å². The van der Waals surface area contributed by atoms with Crippen molar-refractivity contribution in [2.45, 2.75) is 19.4 Å². The summed E-state index contributed by atoms with van der Waals surface area (Å²) < 4.78 is 13.5. The molecule has 4 aromatic rings. The molecule has 5 rings (SSSR count). The molecule has 0 radical (unpaired) electrons. The second-order valence-electron chi connectivity index (χ2n) is 8.00. The number of nitrogens with zero attached hydrogens (tertiary/aromatic N) is 1. The van der Waals surface area contributed by atoms with E-state index in [1.807, 2.05) is 54.6 Å². The van der Waals surface area contributed by atoms with Crippen molar-refractivity contribution in [2.75, 3.05) is 12.4 Å². The van der Waals surface area contributed by atoms with Gasteiger partial charge in [0.2, 0.25) is 0 Å². The van der Waals surface area contributed by atoms with Crippen molar-refractivity contribution in [1.29, 1.82) is 0 Å². The van der Waals surface area contributed by atoms with E-state index in [-0.39, 0.29) is 5.54 Å². The van der Waals surface area contributed by atoms with Gasteiger partial charge in [-0.05, 0) is 80.6 Å². The summed E-state index contributed by atoms with van der Waals surface area (Å²) in [5.41, 5.74) is 4.15. The fraction of sp³-hybridized carbons (Fsp3) is 0.160. The Hall–Kier alpha value is -2.61. The Bertz CT molecular complexity index is 1340. The highest BCUT2D eigenvalue weighted by atomic mass is 79.9. The molecular weight excluding hydrogens is 504 g/mol. The Labute approximate surface area is 202 Å². The first-order chi connectivity index (χ1) is 15.4. The van der Waals surface area contributed by atoms with Crippen LogP contribution in [0.2, 0.25) is 0 Å². The first kappa shape index (κ1) is 21.2. The molecule has 0 saturated carbocycles. The Morgan fingerprint density at radius 2 is 1.53 bits per heavy atom. The smallest absolute Gasteiger partial charge is 0.135 e. The highest BCUT2D eigenvalue weighted by Crippen LogP contribution is 2.46. The van der Waals surface area contributed by atoms with E-state index in [0.717, 1.165) is 43.3 Å². The van der Waals surface area contributed by atoms with Crippen LogP contribution >= 0.6 is 36.6 Å². The first-order valence-electron chi connectivity index (χ1n) is 10.1. The number of hydrogen-bond acceptors (Lipinski definition) is 6. The van der Waals surface area contributed by atoms with Crippen LogP contribution in [-0.4, -0.2) is 7.11 Å². The van der Waals surface area contributed by atoms with Gasteiger partial charge in [0.05, 0.1) is 23.2 Å². The van der Waals surface area contributed by atoms with Gasteiger partial charge in [-0.1, -0.05) is 36.6 Å². The Morgan fingerprint density at radius 1 is 0.875 bits per heavy atom. The van der Waals surface area contributed by atoms with E-state index in [1.54, 1.807) is 27.8 Å². The van der Waals surface area contributed by atoms with Crippen LogP contribution in [-0.2, 0) is 5.54 Å². The molecule has 1 aromatic heterocycles. The van der Waals surface area contributed by atoms with Crippen LogP contribution in [0.1, 0.15) is 18.7 Å². The number of halogens is 1. The summed E-state index contributed by atoms with van der Waals surface area (Å²) in [5, 5.41) is 3.66. The maximum atomic E-state index is 5.93. The van der Waals surface area contributed by atoms with Gasteiger partial charge in [0.25, 0.3) is 0 Å².